The number of rotatable bonds is 1. The Kier molecular flexibility index (Phi) is 3.53. The van der Waals surface area contributed by atoms with Crippen molar-refractivity contribution in [3.63, 3.8) is 0 Å². The van der Waals surface area contributed by atoms with Gasteiger partial charge in [-0.3, -0.25) is 4.98 Å². The number of carboxylic acid groups (broad SMARTS) is 1. The van der Waals surface area contributed by atoms with E-state index in [2.05, 4.69) is 4.98 Å². The number of carbonyl (C=O) groups is 1. The number of halogens is 3. The van der Waals surface area contributed by atoms with Gasteiger partial charge in [-0.15, -0.1) is 0 Å². The van der Waals surface area contributed by atoms with Gasteiger partial charge in [0.2, 0.25) is 0 Å². The van der Waals surface area contributed by atoms with Crippen LogP contribution in [0.1, 0.15) is 42.9 Å². The van der Waals surface area contributed by atoms with Gasteiger partial charge in [0.1, 0.15) is 6.09 Å². The normalized spacial score (nSPS) is 21.7. The number of nitrogens with zero attached hydrogens (tertiary/aromatic N) is 2. The molecule has 2 heterocycles. The fraction of sp³-hybridized carbons (Fsp3) is 0.600. The van der Waals surface area contributed by atoms with E-state index in [4.69, 9.17) is 0 Å². The van der Waals surface area contributed by atoms with E-state index in [0.29, 0.717) is 18.8 Å². The van der Waals surface area contributed by atoms with Gasteiger partial charge in [-0.1, -0.05) is 0 Å². The molecule has 1 aliphatic carbocycles. The predicted octanol–water partition coefficient (Wildman–Crippen LogP) is 2.40. The zero-order valence-corrected chi connectivity index (χ0v) is 11.9. The van der Waals surface area contributed by atoms with Crippen LogP contribution in [0.25, 0.3) is 0 Å². The van der Waals surface area contributed by atoms with Gasteiger partial charge in [0.05, 0.1) is 5.56 Å². The van der Waals surface area contributed by atoms with Crippen molar-refractivity contribution in [3.05, 3.63) is 29.6 Å². The zero-order valence-electron chi connectivity index (χ0n) is 11.9. The number of pyridine rings is 1. The predicted molar refractivity (Wildman–Crippen MR) is 69.9 cm³/mol. The van der Waals surface area contributed by atoms with Crippen molar-refractivity contribution >= 4 is 6.09 Å². The molecule has 1 aliphatic heterocycles. The molecular weight excluding hydrogens is 297 g/mol. The second-order valence-electron chi connectivity index (χ2n) is 6.33. The average molecular weight is 313 g/mol. The Hall–Kier alpha value is -1.79. The summed E-state index contributed by atoms with van der Waals surface area (Å²) in [5, 5.41) is 10.8. The van der Waals surface area contributed by atoms with Crippen LogP contribution < -0.4 is 5.11 Å². The fourth-order valence-electron chi connectivity index (χ4n) is 3.58. The molecule has 0 unspecified atom stereocenters. The molecule has 0 N–H and O–H groups in total. The van der Waals surface area contributed by atoms with E-state index < -0.39 is 17.8 Å². The Balaban J connectivity index is 1.59. The first kappa shape index (κ1) is 15.1. The Bertz CT molecular complexity index is 555. The average Bonchev–Trinajstić information content (AvgIpc) is 2.44. The molecule has 2 aliphatic rings. The summed E-state index contributed by atoms with van der Waals surface area (Å²) in [7, 11) is 0. The number of hydrogen-bond acceptors (Lipinski definition) is 3. The highest BCUT2D eigenvalue weighted by atomic mass is 19.4. The first-order valence-corrected chi connectivity index (χ1v) is 7.28. The van der Waals surface area contributed by atoms with E-state index in [1.807, 2.05) is 0 Å². The lowest BCUT2D eigenvalue weighted by atomic mass is 9.57. The van der Waals surface area contributed by atoms with Crippen molar-refractivity contribution < 1.29 is 23.1 Å². The van der Waals surface area contributed by atoms with Crippen molar-refractivity contribution in [2.24, 2.45) is 5.41 Å². The SMILES string of the molecule is O=C([O-])N1CCC2(CC1)CC(c1ccc(C(F)(F)F)cn1)C2. The molecule has 0 radical (unpaired) electrons. The van der Waals surface area contributed by atoms with Crippen LogP contribution in [-0.2, 0) is 6.18 Å². The lowest BCUT2D eigenvalue weighted by Gasteiger charge is -2.52. The maximum Gasteiger partial charge on any atom is 0.417 e. The Morgan fingerprint density at radius 3 is 2.36 bits per heavy atom. The molecule has 1 aromatic rings. The van der Waals surface area contributed by atoms with Crippen LogP contribution in [0.2, 0.25) is 0 Å². The molecule has 0 aromatic carbocycles. The molecule has 1 aromatic heterocycles. The fourth-order valence-corrected chi connectivity index (χ4v) is 3.58. The summed E-state index contributed by atoms with van der Waals surface area (Å²) < 4.78 is 37.5. The maximum absolute atomic E-state index is 12.5. The van der Waals surface area contributed by atoms with Crippen LogP contribution in [0.15, 0.2) is 18.3 Å². The molecular formula is C15H16F3N2O2-. The van der Waals surface area contributed by atoms with Crippen molar-refractivity contribution in [1.82, 2.24) is 9.88 Å². The van der Waals surface area contributed by atoms with E-state index in [9.17, 15) is 23.1 Å². The summed E-state index contributed by atoms with van der Waals surface area (Å²) in [6, 6.07) is 2.53. The van der Waals surface area contributed by atoms with Gasteiger partial charge in [-0.25, -0.2) is 0 Å². The molecule has 0 bridgehead atoms. The van der Waals surface area contributed by atoms with E-state index in [-0.39, 0.29) is 11.3 Å². The topological polar surface area (TPSA) is 56.3 Å². The van der Waals surface area contributed by atoms with E-state index >= 15 is 0 Å². The van der Waals surface area contributed by atoms with Gasteiger partial charge in [-0.05, 0) is 43.2 Å². The molecule has 1 amide bonds. The number of hydrogen-bond donors (Lipinski definition) is 0. The highest BCUT2D eigenvalue weighted by Crippen LogP contribution is 2.56. The monoisotopic (exact) mass is 313 g/mol. The third kappa shape index (κ3) is 2.76. The summed E-state index contributed by atoms with van der Waals surface area (Å²) in [5.41, 5.74) is 0.0922. The number of aromatic nitrogens is 1. The van der Waals surface area contributed by atoms with Crippen LogP contribution in [0.4, 0.5) is 18.0 Å². The van der Waals surface area contributed by atoms with Crippen LogP contribution in [0.5, 0.6) is 0 Å². The minimum Gasteiger partial charge on any atom is -0.530 e. The molecule has 1 spiro atoms. The Morgan fingerprint density at radius 1 is 1.27 bits per heavy atom. The van der Waals surface area contributed by atoms with Crippen molar-refractivity contribution in [1.29, 1.82) is 0 Å². The lowest BCUT2D eigenvalue weighted by Crippen LogP contribution is -2.51. The summed E-state index contributed by atoms with van der Waals surface area (Å²) in [6.45, 7) is 0.963. The summed E-state index contributed by atoms with van der Waals surface area (Å²) in [5.74, 6) is 0.178. The quantitative estimate of drug-likeness (QED) is 0.800. The molecule has 2 fully saturated rings. The van der Waals surface area contributed by atoms with Crippen molar-refractivity contribution in [3.8, 4) is 0 Å². The molecule has 1 saturated heterocycles. The Morgan fingerprint density at radius 2 is 1.91 bits per heavy atom. The second-order valence-corrected chi connectivity index (χ2v) is 6.33. The van der Waals surface area contributed by atoms with Gasteiger partial charge >= 0.3 is 6.18 Å². The van der Waals surface area contributed by atoms with Gasteiger partial charge in [-0.2, -0.15) is 13.2 Å². The van der Waals surface area contributed by atoms with Crippen molar-refractivity contribution in [2.45, 2.75) is 37.8 Å². The zero-order chi connectivity index (χ0) is 16.0. The van der Waals surface area contributed by atoms with E-state index in [1.54, 1.807) is 0 Å². The van der Waals surface area contributed by atoms with E-state index in [1.165, 1.54) is 11.0 Å². The highest BCUT2D eigenvalue weighted by Gasteiger charge is 2.46. The summed E-state index contributed by atoms with van der Waals surface area (Å²) in [4.78, 5) is 16.1. The molecule has 22 heavy (non-hydrogen) atoms. The second kappa shape index (κ2) is 5.14. The van der Waals surface area contributed by atoms with Crippen LogP contribution in [-0.4, -0.2) is 29.1 Å². The minimum atomic E-state index is -4.36. The number of piperidine rings is 1. The van der Waals surface area contributed by atoms with E-state index in [0.717, 1.165) is 37.9 Å². The number of alkyl halides is 3. The number of carbonyl (C=O) groups excluding carboxylic acids is 1. The molecule has 4 nitrogen and oxygen atoms in total. The molecule has 120 valence electrons. The van der Waals surface area contributed by atoms with Gasteiger partial charge < -0.3 is 14.8 Å². The van der Waals surface area contributed by atoms with Gasteiger partial charge in [0.15, 0.2) is 0 Å². The minimum absolute atomic E-state index is 0.126. The number of likely N-dealkylation sites (tertiary alicyclic amines) is 1. The lowest BCUT2D eigenvalue weighted by molar-refractivity contribution is -0.267. The summed E-state index contributed by atoms with van der Waals surface area (Å²) >= 11 is 0. The van der Waals surface area contributed by atoms with Crippen LogP contribution in [0, 0.1) is 5.41 Å². The van der Waals surface area contributed by atoms with Crippen LogP contribution >= 0.6 is 0 Å². The Labute approximate surface area is 126 Å². The highest BCUT2D eigenvalue weighted by molar-refractivity contribution is 5.62. The van der Waals surface area contributed by atoms with Gasteiger partial charge in [0.25, 0.3) is 0 Å². The third-order valence-electron chi connectivity index (χ3n) is 4.97. The third-order valence-corrected chi connectivity index (χ3v) is 4.97. The van der Waals surface area contributed by atoms with Crippen LogP contribution in [0.3, 0.4) is 0 Å². The number of amides is 1. The first-order valence-electron chi connectivity index (χ1n) is 7.28. The van der Waals surface area contributed by atoms with Crippen molar-refractivity contribution in [2.75, 3.05) is 13.1 Å². The molecule has 3 rings (SSSR count). The summed E-state index contributed by atoms with van der Waals surface area (Å²) in [6.07, 6.45) is -1.28. The molecule has 7 heteroatoms. The molecule has 0 atom stereocenters. The maximum atomic E-state index is 12.5. The van der Waals surface area contributed by atoms with Gasteiger partial charge in [0, 0.05) is 30.9 Å². The smallest absolute Gasteiger partial charge is 0.417 e. The molecule has 1 saturated carbocycles. The standard InChI is InChI=1S/C15H17F3N2O2/c16-15(17,18)11-1-2-12(19-9-11)10-7-14(8-10)3-5-20(6-4-14)13(21)22/h1-2,9-10H,3-8H2,(H,21,22)/p-1. The first-order chi connectivity index (χ1) is 10.3. The largest absolute Gasteiger partial charge is 0.530 e.